The maximum Gasteiger partial charge on any atom is 0.435 e. The number of amides is 1. The summed E-state index contributed by atoms with van der Waals surface area (Å²) < 4.78 is 54.8. The predicted octanol–water partition coefficient (Wildman–Crippen LogP) is 2.97. The smallest absolute Gasteiger partial charge is 0.351 e. The summed E-state index contributed by atoms with van der Waals surface area (Å²) in [5.41, 5.74) is -2.69. The molecule has 1 aliphatic rings. The highest BCUT2D eigenvalue weighted by Gasteiger charge is 2.42. The van der Waals surface area contributed by atoms with Crippen LogP contribution in [0.25, 0.3) is 5.69 Å². The topological polar surface area (TPSA) is 71.8 Å². The Labute approximate surface area is 165 Å². The molecule has 1 saturated heterocycles. The number of hydrogen-bond acceptors (Lipinski definition) is 4. The summed E-state index contributed by atoms with van der Waals surface area (Å²) in [6.07, 6.45) is -2.22. The molecule has 1 amide bonds. The number of benzene rings is 1. The summed E-state index contributed by atoms with van der Waals surface area (Å²) in [4.78, 5) is 12.2. The van der Waals surface area contributed by atoms with Crippen molar-refractivity contribution in [3.63, 3.8) is 0 Å². The van der Waals surface area contributed by atoms with Crippen LogP contribution in [0.3, 0.4) is 0 Å². The van der Waals surface area contributed by atoms with Gasteiger partial charge in [0, 0.05) is 6.54 Å². The van der Waals surface area contributed by atoms with E-state index in [2.05, 4.69) is 20.9 Å². The van der Waals surface area contributed by atoms with E-state index in [0.717, 1.165) is 38.1 Å². The largest absolute Gasteiger partial charge is 0.435 e. The van der Waals surface area contributed by atoms with Gasteiger partial charge in [-0.2, -0.15) is 13.2 Å². The van der Waals surface area contributed by atoms with E-state index in [4.69, 9.17) is 0 Å². The number of nitrogens with zero attached hydrogens (tertiary/aromatic N) is 3. The minimum absolute atomic E-state index is 0. The van der Waals surface area contributed by atoms with E-state index in [1.165, 1.54) is 12.1 Å². The fourth-order valence-electron chi connectivity index (χ4n) is 3.13. The second-order valence-corrected chi connectivity index (χ2v) is 6.40. The molecule has 1 aliphatic heterocycles. The van der Waals surface area contributed by atoms with Crippen LogP contribution in [0.1, 0.15) is 35.4 Å². The number of carbonyl (C=O) groups is 1. The first kappa shape index (κ1) is 22.1. The Morgan fingerprint density at radius 3 is 2.71 bits per heavy atom. The van der Waals surface area contributed by atoms with Crippen LogP contribution in [0.4, 0.5) is 17.6 Å². The van der Waals surface area contributed by atoms with Gasteiger partial charge in [-0.1, -0.05) is 17.3 Å². The molecule has 2 N–H and O–H groups in total. The first-order chi connectivity index (χ1) is 12.9. The molecule has 3 rings (SSSR count). The number of nitrogens with one attached hydrogen (secondary N) is 2. The molecular weight excluding hydrogens is 402 g/mol. The molecule has 28 heavy (non-hydrogen) atoms. The van der Waals surface area contributed by atoms with Gasteiger partial charge in [0.2, 0.25) is 0 Å². The van der Waals surface area contributed by atoms with Crippen molar-refractivity contribution in [2.75, 3.05) is 19.6 Å². The minimum Gasteiger partial charge on any atom is -0.351 e. The van der Waals surface area contributed by atoms with Crippen molar-refractivity contribution in [1.82, 2.24) is 25.6 Å². The van der Waals surface area contributed by atoms with E-state index < -0.39 is 35.0 Å². The third kappa shape index (κ3) is 4.99. The third-order valence-corrected chi connectivity index (χ3v) is 4.47. The number of halogens is 5. The Morgan fingerprint density at radius 2 is 2.07 bits per heavy atom. The first-order valence-corrected chi connectivity index (χ1v) is 8.64. The van der Waals surface area contributed by atoms with Gasteiger partial charge in [-0.05, 0) is 50.4 Å². The molecule has 0 bridgehead atoms. The zero-order valence-electron chi connectivity index (χ0n) is 14.8. The highest BCUT2D eigenvalue weighted by molar-refractivity contribution is 5.93. The van der Waals surface area contributed by atoms with E-state index in [1.54, 1.807) is 0 Å². The van der Waals surface area contributed by atoms with Crippen LogP contribution in [0.2, 0.25) is 0 Å². The molecule has 0 radical (unpaired) electrons. The zero-order valence-corrected chi connectivity index (χ0v) is 15.6. The summed E-state index contributed by atoms with van der Waals surface area (Å²) in [5.74, 6) is -1.51. The summed E-state index contributed by atoms with van der Waals surface area (Å²) in [7, 11) is 0. The van der Waals surface area contributed by atoms with Crippen LogP contribution in [0.5, 0.6) is 0 Å². The highest BCUT2D eigenvalue weighted by atomic mass is 35.5. The van der Waals surface area contributed by atoms with Crippen molar-refractivity contribution in [2.24, 2.45) is 5.92 Å². The molecule has 6 nitrogen and oxygen atoms in total. The van der Waals surface area contributed by atoms with Gasteiger partial charge in [-0.25, -0.2) is 9.07 Å². The Bertz CT molecular complexity index is 805. The average molecular weight is 422 g/mol. The maximum absolute atomic E-state index is 13.9. The van der Waals surface area contributed by atoms with Gasteiger partial charge in [-0.3, -0.25) is 4.79 Å². The lowest BCUT2D eigenvalue weighted by Crippen LogP contribution is -2.33. The fraction of sp³-hybridized carbons (Fsp3) is 0.471. The molecule has 1 unspecified atom stereocenters. The normalized spacial score (nSPS) is 17.1. The summed E-state index contributed by atoms with van der Waals surface area (Å²) >= 11 is 0. The van der Waals surface area contributed by atoms with Crippen molar-refractivity contribution in [2.45, 2.75) is 25.4 Å². The van der Waals surface area contributed by atoms with Gasteiger partial charge in [-0.15, -0.1) is 17.5 Å². The fourth-order valence-corrected chi connectivity index (χ4v) is 3.13. The number of para-hydroxylation sites is 1. The Balaban J connectivity index is 0.00000280. The number of carbonyl (C=O) groups excluding carboxylic acids is 1. The third-order valence-electron chi connectivity index (χ3n) is 4.47. The molecule has 1 atom stereocenters. The zero-order chi connectivity index (χ0) is 19.4. The van der Waals surface area contributed by atoms with Crippen molar-refractivity contribution in [1.29, 1.82) is 0 Å². The molecule has 0 saturated carbocycles. The molecule has 1 fully saturated rings. The van der Waals surface area contributed by atoms with Crippen molar-refractivity contribution >= 4 is 18.3 Å². The number of rotatable bonds is 5. The molecule has 1 aromatic heterocycles. The average Bonchev–Trinajstić information content (AvgIpc) is 3.08. The van der Waals surface area contributed by atoms with E-state index in [9.17, 15) is 22.4 Å². The molecule has 154 valence electrons. The van der Waals surface area contributed by atoms with Crippen molar-refractivity contribution in [3.8, 4) is 5.69 Å². The molecule has 0 spiro atoms. The molecule has 0 aliphatic carbocycles. The number of hydrogen-bond donors (Lipinski definition) is 2. The second-order valence-electron chi connectivity index (χ2n) is 6.40. The van der Waals surface area contributed by atoms with Gasteiger partial charge in [0.1, 0.15) is 11.5 Å². The lowest BCUT2D eigenvalue weighted by Gasteiger charge is -2.22. The summed E-state index contributed by atoms with van der Waals surface area (Å²) in [5, 5.41) is 12.4. The van der Waals surface area contributed by atoms with Crippen LogP contribution < -0.4 is 10.6 Å². The maximum atomic E-state index is 13.9. The number of aromatic nitrogens is 3. The van der Waals surface area contributed by atoms with Gasteiger partial charge < -0.3 is 10.6 Å². The Morgan fingerprint density at radius 1 is 1.32 bits per heavy atom. The van der Waals surface area contributed by atoms with E-state index >= 15 is 0 Å². The van der Waals surface area contributed by atoms with Crippen LogP contribution in [0, 0.1) is 11.7 Å². The second kappa shape index (κ2) is 9.33. The van der Waals surface area contributed by atoms with Gasteiger partial charge in [0.15, 0.2) is 11.4 Å². The molecule has 11 heteroatoms. The van der Waals surface area contributed by atoms with Crippen LogP contribution in [0.15, 0.2) is 24.3 Å². The summed E-state index contributed by atoms with van der Waals surface area (Å²) in [6, 6.07) is 4.86. The van der Waals surface area contributed by atoms with E-state index in [0.29, 0.717) is 17.0 Å². The minimum atomic E-state index is -4.92. The van der Waals surface area contributed by atoms with Gasteiger partial charge >= 0.3 is 6.18 Å². The molecular formula is C17H20ClF4N5O. The van der Waals surface area contributed by atoms with Crippen LogP contribution in [-0.2, 0) is 6.18 Å². The van der Waals surface area contributed by atoms with E-state index in [-0.39, 0.29) is 19.0 Å². The summed E-state index contributed by atoms with van der Waals surface area (Å²) in [6.45, 7) is 2.01. The Kier molecular flexibility index (Phi) is 7.36. The number of alkyl halides is 3. The standard InChI is InChI=1S/C17H19F4N5O.ClH/c18-12-5-1-2-6-13(12)26-15(17(19,20)21)14(24-25-26)16(27)23-9-7-11-4-3-8-22-10-11;/h1-2,5-6,11,22H,3-4,7-10H2,(H,23,27);1H. The monoisotopic (exact) mass is 421 g/mol. The van der Waals surface area contributed by atoms with Gasteiger partial charge in [0.25, 0.3) is 5.91 Å². The van der Waals surface area contributed by atoms with E-state index in [1.807, 2.05) is 0 Å². The Hall–Kier alpha value is -2.20. The predicted molar refractivity (Wildman–Crippen MR) is 96.1 cm³/mol. The SMILES string of the molecule is Cl.O=C(NCCC1CCCNC1)c1nnn(-c2ccccc2F)c1C(F)(F)F. The van der Waals surface area contributed by atoms with Crippen molar-refractivity contribution in [3.05, 3.63) is 41.5 Å². The number of piperidine rings is 1. The van der Waals surface area contributed by atoms with Crippen molar-refractivity contribution < 1.29 is 22.4 Å². The highest BCUT2D eigenvalue weighted by Crippen LogP contribution is 2.33. The van der Waals surface area contributed by atoms with Crippen LogP contribution >= 0.6 is 12.4 Å². The molecule has 1 aromatic carbocycles. The quantitative estimate of drug-likeness (QED) is 0.728. The van der Waals surface area contributed by atoms with Crippen LogP contribution in [-0.4, -0.2) is 40.5 Å². The molecule has 2 aromatic rings. The van der Waals surface area contributed by atoms with Gasteiger partial charge in [0.05, 0.1) is 0 Å². The first-order valence-electron chi connectivity index (χ1n) is 8.64. The lowest BCUT2D eigenvalue weighted by molar-refractivity contribution is -0.143. The molecule has 2 heterocycles. The lowest BCUT2D eigenvalue weighted by atomic mass is 9.96.